The Balaban J connectivity index is 2.16. The molecule has 1 aliphatic rings. The summed E-state index contributed by atoms with van der Waals surface area (Å²) in [5.74, 6) is 0.0993. The van der Waals surface area contributed by atoms with Crippen molar-refractivity contribution in [3.8, 4) is 0 Å². The summed E-state index contributed by atoms with van der Waals surface area (Å²) in [6.07, 6.45) is 1.27. The number of benzene rings is 1. The van der Waals surface area contributed by atoms with Gasteiger partial charge in [-0.15, -0.1) is 0 Å². The maximum absolute atomic E-state index is 13.1. The third-order valence-electron chi connectivity index (χ3n) is 4.24. The van der Waals surface area contributed by atoms with Crippen LogP contribution in [0.2, 0.25) is 0 Å². The standard InChI is InChI=1S/C18H21N3O4/c1-11(2)9-21-15(12-8-19-20(3)10-12)16(25-18(23)24)13-6-4-5-7-14(13)17(21)22/h4-8,10-11,15-16H,9H2,1-3H3,(H,23,24). The molecule has 2 unspecified atom stereocenters. The Bertz CT molecular complexity index is 799. The van der Waals surface area contributed by atoms with Gasteiger partial charge in [0.2, 0.25) is 0 Å². The normalized spacial score (nSPS) is 19.8. The van der Waals surface area contributed by atoms with Crippen molar-refractivity contribution in [2.75, 3.05) is 6.54 Å². The lowest BCUT2D eigenvalue weighted by Crippen LogP contribution is -2.45. The van der Waals surface area contributed by atoms with E-state index in [9.17, 15) is 14.7 Å². The average molecular weight is 343 g/mol. The molecule has 7 heteroatoms. The molecular weight excluding hydrogens is 322 g/mol. The molecule has 2 aromatic rings. The zero-order chi connectivity index (χ0) is 18.1. The van der Waals surface area contributed by atoms with Gasteiger partial charge in [0.05, 0.1) is 6.20 Å². The smallest absolute Gasteiger partial charge is 0.450 e. The van der Waals surface area contributed by atoms with Crippen LogP contribution in [0.3, 0.4) is 0 Å². The van der Waals surface area contributed by atoms with Crippen molar-refractivity contribution in [3.05, 3.63) is 53.3 Å². The van der Waals surface area contributed by atoms with E-state index in [-0.39, 0.29) is 11.8 Å². The molecule has 0 aliphatic carbocycles. The minimum Gasteiger partial charge on any atom is -0.450 e. The van der Waals surface area contributed by atoms with Crippen molar-refractivity contribution in [2.45, 2.75) is 26.0 Å². The first-order valence-electron chi connectivity index (χ1n) is 8.16. The molecule has 0 bridgehead atoms. The third-order valence-corrected chi connectivity index (χ3v) is 4.24. The number of carboxylic acid groups (broad SMARTS) is 1. The van der Waals surface area contributed by atoms with E-state index in [1.165, 1.54) is 0 Å². The van der Waals surface area contributed by atoms with Gasteiger partial charge in [-0.1, -0.05) is 32.0 Å². The lowest BCUT2D eigenvalue weighted by Gasteiger charge is -2.41. The second kappa shape index (κ2) is 6.58. The van der Waals surface area contributed by atoms with E-state index < -0.39 is 18.3 Å². The van der Waals surface area contributed by atoms with Crippen LogP contribution in [0.15, 0.2) is 36.7 Å². The Hall–Kier alpha value is -2.83. The van der Waals surface area contributed by atoms with Gasteiger partial charge in [-0.05, 0) is 12.0 Å². The predicted octanol–water partition coefficient (Wildman–Crippen LogP) is 3.01. The van der Waals surface area contributed by atoms with Crippen molar-refractivity contribution >= 4 is 12.1 Å². The summed E-state index contributed by atoms with van der Waals surface area (Å²) in [7, 11) is 1.78. The monoisotopic (exact) mass is 343 g/mol. The number of aromatic nitrogens is 2. The van der Waals surface area contributed by atoms with E-state index in [4.69, 9.17) is 4.74 Å². The zero-order valence-electron chi connectivity index (χ0n) is 14.4. The molecule has 3 rings (SSSR count). The summed E-state index contributed by atoms with van der Waals surface area (Å²) in [5.41, 5.74) is 1.82. The van der Waals surface area contributed by atoms with Crippen molar-refractivity contribution in [1.82, 2.24) is 14.7 Å². The average Bonchev–Trinajstić information content (AvgIpc) is 2.97. The number of rotatable bonds is 4. The quantitative estimate of drug-likeness (QED) is 0.863. The van der Waals surface area contributed by atoms with E-state index in [0.717, 1.165) is 5.56 Å². The van der Waals surface area contributed by atoms with Gasteiger partial charge in [0.1, 0.15) is 6.04 Å². The second-order valence-corrected chi connectivity index (χ2v) is 6.64. The van der Waals surface area contributed by atoms with E-state index >= 15 is 0 Å². The Morgan fingerprint density at radius 2 is 2.08 bits per heavy atom. The van der Waals surface area contributed by atoms with Crippen molar-refractivity contribution in [1.29, 1.82) is 0 Å². The molecule has 0 saturated carbocycles. The van der Waals surface area contributed by atoms with Gasteiger partial charge in [-0.3, -0.25) is 9.48 Å². The minimum absolute atomic E-state index is 0.122. The molecule has 1 N–H and O–H groups in total. The minimum atomic E-state index is -1.37. The Kier molecular flexibility index (Phi) is 4.48. The molecular formula is C18H21N3O4. The van der Waals surface area contributed by atoms with Gasteiger partial charge in [-0.2, -0.15) is 5.10 Å². The number of carbonyl (C=O) groups is 2. The molecule has 1 aliphatic heterocycles. The maximum Gasteiger partial charge on any atom is 0.506 e. The first-order valence-corrected chi connectivity index (χ1v) is 8.16. The summed E-state index contributed by atoms with van der Waals surface area (Å²) in [6.45, 7) is 4.52. The highest BCUT2D eigenvalue weighted by molar-refractivity contribution is 5.97. The van der Waals surface area contributed by atoms with Gasteiger partial charge in [0, 0.05) is 36.5 Å². The molecule has 0 saturated heterocycles. The molecule has 0 spiro atoms. The fraction of sp³-hybridized carbons (Fsp3) is 0.389. The number of amides is 1. The van der Waals surface area contributed by atoms with Gasteiger partial charge >= 0.3 is 6.16 Å². The number of fused-ring (bicyclic) bond motifs is 1. The first kappa shape index (κ1) is 17.0. The Morgan fingerprint density at radius 3 is 2.68 bits per heavy atom. The maximum atomic E-state index is 13.1. The lowest BCUT2D eigenvalue weighted by molar-refractivity contribution is -0.00891. The third kappa shape index (κ3) is 3.22. The number of ether oxygens (including phenoxy) is 1. The van der Waals surface area contributed by atoms with Crippen LogP contribution in [-0.2, 0) is 11.8 Å². The highest BCUT2D eigenvalue weighted by Gasteiger charge is 2.43. The van der Waals surface area contributed by atoms with Gasteiger partial charge in [0.25, 0.3) is 5.91 Å². The van der Waals surface area contributed by atoms with E-state index in [0.29, 0.717) is 17.7 Å². The van der Waals surface area contributed by atoms with E-state index in [1.54, 1.807) is 53.3 Å². The van der Waals surface area contributed by atoms with Crippen LogP contribution in [0.5, 0.6) is 0 Å². The van der Waals surface area contributed by atoms with E-state index in [1.807, 2.05) is 13.8 Å². The molecule has 7 nitrogen and oxygen atoms in total. The van der Waals surface area contributed by atoms with Crippen molar-refractivity contribution < 1.29 is 19.4 Å². The van der Waals surface area contributed by atoms with Crippen molar-refractivity contribution in [2.24, 2.45) is 13.0 Å². The highest BCUT2D eigenvalue weighted by Crippen LogP contribution is 2.43. The first-order chi connectivity index (χ1) is 11.9. The topological polar surface area (TPSA) is 84.7 Å². The van der Waals surface area contributed by atoms with Crippen LogP contribution in [0.1, 0.15) is 47.5 Å². The van der Waals surface area contributed by atoms with Gasteiger partial charge in [-0.25, -0.2) is 4.79 Å². The summed E-state index contributed by atoms with van der Waals surface area (Å²) >= 11 is 0. The fourth-order valence-electron chi connectivity index (χ4n) is 3.33. The zero-order valence-corrected chi connectivity index (χ0v) is 14.4. The van der Waals surface area contributed by atoms with Crippen LogP contribution >= 0.6 is 0 Å². The lowest BCUT2D eigenvalue weighted by atomic mass is 9.87. The molecule has 25 heavy (non-hydrogen) atoms. The largest absolute Gasteiger partial charge is 0.506 e. The van der Waals surface area contributed by atoms with Crippen LogP contribution in [0, 0.1) is 5.92 Å². The number of carbonyl (C=O) groups excluding carboxylic acids is 1. The van der Waals surface area contributed by atoms with Crippen LogP contribution in [0.4, 0.5) is 4.79 Å². The molecule has 1 aromatic carbocycles. The van der Waals surface area contributed by atoms with Crippen molar-refractivity contribution in [3.63, 3.8) is 0 Å². The van der Waals surface area contributed by atoms with Gasteiger partial charge < -0.3 is 14.7 Å². The summed E-state index contributed by atoms with van der Waals surface area (Å²) < 4.78 is 6.87. The van der Waals surface area contributed by atoms with Crippen LogP contribution in [-0.4, -0.2) is 38.4 Å². The molecule has 0 fully saturated rings. The number of nitrogens with zero attached hydrogens (tertiary/aromatic N) is 3. The number of hydrogen-bond acceptors (Lipinski definition) is 4. The molecule has 0 radical (unpaired) electrons. The molecule has 132 valence electrons. The van der Waals surface area contributed by atoms with E-state index in [2.05, 4.69) is 5.10 Å². The number of aryl methyl sites for hydroxylation is 1. The number of hydrogen-bond donors (Lipinski definition) is 1. The fourth-order valence-corrected chi connectivity index (χ4v) is 3.33. The van der Waals surface area contributed by atoms with Gasteiger partial charge in [0.15, 0.2) is 6.10 Å². The summed E-state index contributed by atoms with van der Waals surface area (Å²) in [6, 6.07) is 6.46. The van der Waals surface area contributed by atoms with Crippen LogP contribution in [0.25, 0.3) is 0 Å². The molecule has 2 heterocycles. The highest BCUT2D eigenvalue weighted by atomic mass is 16.7. The Labute approximate surface area is 145 Å². The Morgan fingerprint density at radius 1 is 1.36 bits per heavy atom. The summed E-state index contributed by atoms with van der Waals surface area (Å²) in [4.78, 5) is 26.1. The SMILES string of the molecule is CC(C)CN1C(=O)c2ccccc2C(OC(=O)O)C1c1cnn(C)c1. The summed E-state index contributed by atoms with van der Waals surface area (Å²) in [5, 5.41) is 13.4. The van der Waals surface area contributed by atoms with Crippen LogP contribution < -0.4 is 0 Å². The molecule has 1 aromatic heterocycles. The predicted molar refractivity (Wildman–Crippen MR) is 90.1 cm³/mol. The molecule has 1 amide bonds. The molecule has 2 atom stereocenters. The second-order valence-electron chi connectivity index (χ2n) is 6.64.